The monoisotopic (exact) mass is 333 g/mol. The fourth-order valence-electron chi connectivity index (χ4n) is 2.78. The minimum Gasteiger partial charge on any atom is -0.352 e. The van der Waals surface area contributed by atoms with Crippen molar-refractivity contribution in [2.24, 2.45) is 0 Å². The maximum atomic E-state index is 12.1. The van der Waals surface area contributed by atoms with Gasteiger partial charge in [0.15, 0.2) is 0 Å². The van der Waals surface area contributed by atoms with Gasteiger partial charge in [-0.3, -0.25) is 4.79 Å². The van der Waals surface area contributed by atoms with E-state index >= 15 is 0 Å². The standard InChI is InChI=1S/C15H31N3O3S/c1-17(2)11-8-12-18(22(3,20)21)13-15(19)16-14-9-6-4-5-7-10-14/h14H,4-13H2,1-3H3,(H,16,19). The predicted octanol–water partition coefficient (Wildman–Crippen LogP) is 1.04. The summed E-state index contributed by atoms with van der Waals surface area (Å²) in [4.78, 5) is 14.2. The molecule has 0 aliphatic heterocycles. The number of nitrogens with one attached hydrogen (secondary N) is 1. The fourth-order valence-corrected chi connectivity index (χ4v) is 3.60. The van der Waals surface area contributed by atoms with E-state index in [1.54, 1.807) is 0 Å². The third-order valence-electron chi connectivity index (χ3n) is 4.02. The lowest BCUT2D eigenvalue weighted by Crippen LogP contribution is -2.44. The number of nitrogens with zero attached hydrogens (tertiary/aromatic N) is 2. The third-order valence-corrected chi connectivity index (χ3v) is 5.27. The van der Waals surface area contributed by atoms with Gasteiger partial charge in [0.2, 0.25) is 15.9 Å². The van der Waals surface area contributed by atoms with Gasteiger partial charge in [0.1, 0.15) is 0 Å². The highest BCUT2D eigenvalue weighted by Gasteiger charge is 2.22. The van der Waals surface area contributed by atoms with E-state index in [-0.39, 0.29) is 18.5 Å². The summed E-state index contributed by atoms with van der Waals surface area (Å²) < 4.78 is 24.9. The minimum atomic E-state index is -3.35. The van der Waals surface area contributed by atoms with E-state index in [2.05, 4.69) is 5.32 Å². The second-order valence-electron chi connectivity index (χ2n) is 6.51. The summed E-state index contributed by atoms with van der Waals surface area (Å²) in [5.74, 6) is -0.179. The highest BCUT2D eigenvalue weighted by Crippen LogP contribution is 2.17. The average molecular weight is 333 g/mol. The van der Waals surface area contributed by atoms with E-state index in [0.29, 0.717) is 6.54 Å². The molecule has 0 unspecified atom stereocenters. The molecule has 0 aromatic carbocycles. The van der Waals surface area contributed by atoms with Crippen LogP contribution >= 0.6 is 0 Å². The Hall–Kier alpha value is -0.660. The average Bonchev–Trinajstić information content (AvgIpc) is 2.64. The van der Waals surface area contributed by atoms with Gasteiger partial charge in [-0.25, -0.2) is 8.42 Å². The summed E-state index contributed by atoms with van der Waals surface area (Å²) in [6.45, 7) is 1.12. The van der Waals surface area contributed by atoms with Gasteiger partial charge in [0.25, 0.3) is 0 Å². The normalized spacial score (nSPS) is 17.7. The van der Waals surface area contributed by atoms with Crippen molar-refractivity contribution in [1.82, 2.24) is 14.5 Å². The first-order valence-corrected chi connectivity index (χ1v) is 10.0. The number of hydrogen-bond acceptors (Lipinski definition) is 4. The van der Waals surface area contributed by atoms with Gasteiger partial charge in [-0.2, -0.15) is 4.31 Å². The molecule has 7 heteroatoms. The van der Waals surface area contributed by atoms with E-state index in [1.165, 1.54) is 23.4 Å². The zero-order valence-electron chi connectivity index (χ0n) is 14.2. The Kier molecular flexibility index (Phi) is 8.35. The summed E-state index contributed by atoms with van der Waals surface area (Å²) in [5.41, 5.74) is 0. The van der Waals surface area contributed by atoms with Crippen LogP contribution in [0, 0.1) is 0 Å². The number of rotatable bonds is 8. The topological polar surface area (TPSA) is 69.7 Å². The van der Waals surface area contributed by atoms with Crippen LogP contribution in [0.2, 0.25) is 0 Å². The predicted molar refractivity (Wildman–Crippen MR) is 89.2 cm³/mol. The van der Waals surface area contributed by atoms with E-state index in [0.717, 1.165) is 38.6 Å². The molecule has 6 nitrogen and oxygen atoms in total. The largest absolute Gasteiger partial charge is 0.352 e. The van der Waals surface area contributed by atoms with Crippen molar-refractivity contribution in [3.05, 3.63) is 0 Å². The zero-order chi connectivity index (χ0) is 16.6. The minimum absolute atomic E-state index is 0.0667. The van der Waals surface area contributed by atoms with Gasteiger partial charge in [0, 0.05) is 12.6 Å². The first-order valence-electron chi connectivity index (χ1n) is 8.18. The highest BCUT2D eigenvalue weighted by atomic mass is 32.2. The van der Waals surface area contributed by atoms with Crippen molar-refractivity contribution in [2.45, 2.75) is 51.0 Å². The molecule has 1 aliphatic rings. The Morgan fingerprint density at radius 3 is 2.18 bits per heavy atom. The van der Waals surface area contributed by atoms with Crippen LogP contribution in [0.5, 0.6) is 0 Å². The smallest absolute Gasteiger partial charge is 0.235 e. The summed E-state index contributed by atoms with van der Waals surface area (Å²) in [6.07, 6.45) is 8.64. The molecule has 1 amide bonds. The molecule has 1 N–H and O–H groups in total. The molecule has 0 saturated heterocycles. The lowest BCUT2D eigenvalue weighted by molar-refractivity contribution is -0.122. The van der Waals surface area contributed by atoms with Crippen molar-refractivity contribution in [1.29, 1.82) is 0 Å². The maximum Gasteiger partial charge on any atom is 0.235 e. The molecule has 1 aliphatic carbocycles. The second kappa shape index (κ2) is 9.47. The van der Waals surface area contributed by atoms with E-state index in [9.17, 15) is 13.2 Å². The van der Waals surface area contributed by atoms with Gasteiger partial charge in [-0.05, 0) is 39.9 Å². The van der Waals surface area contributed by atoms with E-state index in [1.807, 2.05) is 19.0 Å². The molecule has 1 rings (SSSR count). The van der Waals surface area contributed by atoms with Gasteiger partial charge in [-0.15, -0.1) is 0 Å². The zero-order valence-corrected chi connectivity index (χ0v) is 15.0. The Balaban J connectivity index is 2.47. The SMILES string of the molecule is CN(C)CCCN(CC(=O)NC1CCCCCC1)S(C)(=O)=O. The number of amides is 1. The fraction of sp³-hybridized carbons (Fsp3) is 0.933. The van der Waals surface area contributed by atoms with Crippen LogP contribution in [-0.4, -0.2) is 69.6 Å². The Labute approximate surface area is 135 Å². The van der Waals surface area contributed by atoms with Crippen LogP contribution in [0.1, 0.15) is 44.9 Å². The van der Waals surface area contributed by atoms with Crippen molar-refractivity contribution in [3.63, 3.8) is 0 Å². The summed E-state index contributed by atoms with van der Waals surface area (Å²) >= 11 is 0. The van der Waals surface area contributed by atoms with Crippen molar-refractivity contribution < 1.29 is 13.2 Å². The molecule has 22 heavy (non-hydrogen) atoms. The maximum absolute atomic E-state index is 12.1. The summed E-state index contributed by atoms with van der Waals surface area (Å²) in [6, 6.07) is 0.207. The van der Waals surface area contributed by atoms with Gasteiger partial charge >= 0.3 is 0 Å². The molecule has 1 saturated carbocycles. The Bertz CT molecular complexity index is 429. The molecule has 0 aromatic rings. The molecular weight excluding hydrogens is 302 g/mol. The number of sulfonamides is 1. The van der Waals surface area contributed by atoms with Crippen molar-refractivity contribution in [3.8, 4) is 0 Å². The van der Waals surface area contributed by atoms with Crippen LogP contribution < -0.4 is 5.32 Å². The molecule has 1 fully saturated rings. The number of carbonyl (C=O) groups is 1. The van der Waals surface area contributed by atoms with Crippen LogP contribution in [-0.2, 0) is 14.8 Å². The first kappa shape index (κ1) is 19.4. The summed E-state index contributed by atoms with van der Waals surface area (Å²) in [7, 11) is 0.544. The lowest BCUT2D eigenvalue weighted by atomic mass is 10.1. The molecule has 0 atom stereocenters. The third kappa shape index (κ3) is 8.10. The van der Waals surface area contributed by atoms with E-state index in [4.69, 9.17) is 0 Å². The van der Waals surface area contributed by atoms with Crippen LogP contribution in [0.25, 0.3) is 0 Å². The number of hydrogen-bond donors (Lipinski definition) is 1. The van der Waals surface area contributed by atoms with Gasteiger partial charge < -0.3 is 10.2 Å². The molecule has 0 radical (unpaired) electrons. The molecular formula is C15H31N3O3S. The first-order chi connectivity index (χ1) is 10.3. The Morgan fingerprint density at radius 2 is 1.68 bits per heavy atom. The molecule has 0 aromatic heterocycles. The molecule has 0 bridgehead atoms. The number of carbonyl (C=O) groups excluding carboxylic acids is 1. The molecule has 0 spiro atoms. The van der Waals surface area contributed by atoms with Crippen LogP contribution in [0.3, 0.4) is 0 Å². The molecule has 130 valence electrons. The Morgan fingerprint density at radius 1 is 1.09 bits per heavy atom. The van der Waals surface area contributed by atoms with Crippen LogP contribution in [0.4, 0.5) is 0 Å². The summed E-state index contributed by atoms with van der Waals surface area (Å²) in [5, 5.41) is 3.01. The van der Waals surface area contributed by atoms with Gasteiger partial charge in [0.05, 0.1) is 12.8 Å². The van der Waals surface area contributed by atoms with Gasteiger partial charge in [-0.1, -0.05) is 25.7 Å². The lowest BCUT2D eigenvalue weighted by Gasteiger charge is -2.22. The van der Waals surface area contributed by atoms with Crippen molar-refractivity contribution in [2.75, 3.05) is 40.0 Å². The quantitative estimate of drug-likeness (QED) is 0.674. The van der Waals surface area contributed by atoms with E-state index < -0.39 is 10.0 Å². The second-order valence-corrected chi connectivity index (χ2v) is 8.49. The van der Waals surface area contributed by atoms with Crippen LogP contribution in [0.15, 0.2) is 0 Å². The highest BCUT2D eigenvalue weighted by molar-refractivity contribution is 7.88. The van der Waals surface area contributed by atoms with Crippen molar-refractivity contribution >= 4 is 15.9 Å². The molecule has 0 heterocycles.